The van der Waals surface area contributed by atoms with E-state index in [1.165, 1.54) is 5.01 Å². The molecular weight excluding hydrogens is 356 g/mol. The van der Waals surface area contributed by atoms with Crippen molar-refractivity contribution in [3.05, 3.63) is 65.7 Å². The topological polar surface area (TPSA) is 90.9 Å². The fourth-order valence-electron chi connectivity index (χ4n) is 2.83. The summed E-state index contributed by atoms with van der Waals surface area (Å²) < 4.78 is 0. The number of nitrogens with one attached hydrogen (secondary N) is 2. The van der Waals surface area contributed by atoms with Crippen LogP contribution >= 0.6 is 0 Å². The monoisotopic (exact) mass is 378 g/mol. The summed E-state index contributed by atoms with van der Waals surface area (Å²) in [6, 6.07) is 16.3. The van der Waals surface area contributed by atoms with Crippen molar-refractivity contribution in [1.82, 2.24) is 10.6 Å². The van der Waals surface area contributed by atoms with Crippen LogP contribution < -0.4 is 15.6 Å². The van der Waals surface area contributed by atoms with Crippen molar-refractivity contribution in [2.24, 2.45) is 5.10 Å². The number of hydrazone groups is 1. The minimum atomic E-state index is -0.335. The zero-order valence-corrected chi connectivity index (χ0v) is 15.6. The quantitative estimate of drug-likeness (QED) is 0.754. The number of benzene rings is 2. The van der Waals surface area contributed by atoms with Crippen LogP contribution in [-0.4, -0.2) is 36.5 Å². The third kappa shape index (κ3) is 4.82. The largest absolute Gasteiger partial charge is 0.350 e. The number of nitrogens with zero attached hydrogens (tertiary/aromatic N) is 2. The van der Waals surface area contributed by atoms with Crippen molar-refractivity contribution >= 4 is 29.1 Å². The molecule has 7 heteroatoms. The van der Waals surface area contributed by atoms with Gasteiger partial charge in [-0.1, -0.05) is 35.9 Å². The lowest BCUT2D eigenvalue weighted by molar-refractivity contribution is -0.118. The highest BCUT2D eigenvalue weighted by Crippen LogP contribution is 2.19. The number of carbonyl (C=O) groups excluding carboxylic acids is 3. The number of anilines is 1. The van der Waals surface area contributed by atoms with Crippen molar-refractivity contribution in [2.75, 3.05) is 18.1 Å². The summed E-state index contributed by atoms with van der Waals surface area (Å²) in [5.41, 5.74) is 2.52. The molecule has 0 spiro atoms. The molecular formula is C21H22N4O3. The van der Waals surface area contributed by atoms with Crippen molar-refractivity contribution < 1.29 is 14.4 Å². The highest BCUT2D eigenvalue weighted by molar-refractivity contribution is 6.40. The normalized spacial score (nSPS) is 13.7. The van der Waals surface area contributed by atoms with E-state index in [9.17, 15) is 14.4 Å². The highest BCUT2D eigenvalue weighted by atomic mass is 16.2. The van der Waals surface area contributed by atoms with Crippen molar-refractivity contribution in [3.8, 4) is 0 Å². The van der Waals surface area contributed by atoms with E-state index in [0.29, 0.717) is 29.9 Å². The Balaban J connectivity index is 1.52. The Bertz CT molecular complexity index is 909. The molecule has 1 aliphatic rings. The van der Waals surface area contributed by atoms with Gasteiger partial charge in [0.05, 0.1) is 5.69 Å². The molecule has 2 N–H and O–H groups in total. The molecule has 0 saturated carbocycles. The number of aryl methyl sites for hydroxylation is 1. The van der Waals surface area contributed by atoms with Gasteiger partial charge < -0.3 is 10.6 Å². The molecule has 28 heavy (non-hydrogen) atoms. The first kappa shape index (κ1) is 19.3. The van der Waals surface area contributed by atoms with E-state index >= 15 is 0 Å². The summed E-state index contributed by atoms with van der Waals surface area (Å²) in [7, 11) is 0. The maximum Gasteiger partial charge on any atom is 0.267 e. The Morgan fingerprint density at radius 2 is 1.68 bits per heavy atom. The Kier molecular flexibility index (Phi) is 6.16. The van der Waals surface area contributed by atoms with Crippen molar-refractivity contribution in [1.29, 1.82) is 0 Å². The molecule has 144 valence electrons. The molecule has 7 nitrogen and oxygen atoms in total. The van der Waals surface area contributed by atoms with Crippen LogP contribution in [0.1, 0.15) is 28.8 Å². The Hall–Kier alpha value is -3.48. The van der Waals surface area contributed by atoms with Crippen LogP contribution in [0.4, 0.5) is 5.69 Å². The first-order chi connectivity index (χ1) is 13.5. The van der Waals surface area contributed by atoms with Gasteiger partial charge in [0.25, 0.3) is 11.8 Å². The number of amides is 3. The van der Waals surface area contributed by atoms with E-state index in [2.05, 4.69) is 15.7 Å². The van der Waals surface area contributed by atoms with Gasteiger partial charge in [-0.3, -0.25) is 14.4 Å². The van der Waals surface area contributed by atoms with Gasteiger partial charge in [0.15, 0.2) is 0 Å². The van der Waals surface area contributed by atoms with Gasteiger partial charge in [0.1, 0.15) is 5.71 Å². The van der Waals surface area contributed by atoms with E-state index < -0.39 is 0 Å². The third-order valence-corrected chi connectivity index (χ3v) is 4.27. The molecule has 0 bridgehead atoms. The van der Waals surface area contributed by atoms with E-state index in [-0.39, 0.29) is 30.7 Å². The first-order valence-electron chi connectivity index (χ1n) is 9.13. The number of carbonyl (C=O) groups is 3. The molecule has 2 aromatic carbocycles. The fourth-order valence-corrected chi connectivity index (χ4v) is 2.83. The van der Waals surface area contributed by atoms with Crippen LogP contribution in [0.5, 0.6) is 0 Å². The molecule has 0 radical (unpaired) electrons. The molecule has 0 unspecified atom stereocenters. The summed E-state index contributed by atoms with van der Waals surface area (Å²) in [6.45, 7) is 2.49. The maximum atomic E-state index is 12.3. The summed E-state index contributed by atoms with van der Waals surface area (Å²) in [4.78, 5) is 36.5. The average molecular weight is 378 g/mol. The number of para-hydroxylation sites is 1. The third-order valence-electron chi connectivity index (χ3n) is 4.27. The van der Waals surface area contributed by atoms with E-state index in [0.717, 1.165) is 5.56 Å². The molecule has 0 aliphatic carbocycles. The van der Waals surface area contributed by atoms with Crippen LogP contribution in [0.3, 0.4) is 0 Å². The Morgan fingerprint density at radius 1 is 0.964 bits per heavy atom. The SMILES string of the molecule is Cc1cccc(C(=O)NCCNC(=O)C2=NN(c3ccccc3)C(=O)CC2)c1. The van der Waals surface area contributed by atoms with Gasteiger partial charge in [-0.25, -0.2) is 5.01 Å². The summed E-state index contributed by atoms with van der Waals surface area (Å²) in [6.07, 6.45) is 0.523. The maximum absolute atomic E-state index is 12.3. The summed E-state index contributed by atoms with van der Waals surface area (Å²) in [5, 5.41) is 11.0. The minimum Gasteiger partial charge on any atom is -0.350 e. The zero-order chi connectivity index (χ0) is 19.9. The molecule has 0 fully saturated rings. The van der Waals surface area contributed by atoms with E-state index in [1.54, 1.807) is 24.3 Å². The first-order valence-corrected chi connectivity index (χ1v) is 9.13. The standard InChI is InChI=1S/C21H22N4O3/c1-15-6-5-7-16(14-15)20(27)22-12-13-23-21(28)18-10-11-19(26)25(24-18)17-8-3-2-4-9-17/h2-9,14H,10-13H2,1H3,(H,22,27)(H,23,28). The molecule has 1 heterocycles. The Morgan fingerprint density at radius 3 is 2.39 bits per heavy atom. The van der Waals surface area contributed by atoms with Gasteiger partial charge in [-0.15, -0.1) is 0 Å². The van der Waals surface area contributed by atoms with Crippen LogP contribution in [0.2, 0.25) is 0 Å². The predicted molar refractivity (Wildman–Crippen MR) is 107 cm³/mol. The predicted octanol–water partition coefficient (Wildman–Crippen LogP) is 2.02. The lowest BCUT2D eigenvalue weighted by Gasteiger charge is -2.23. The summed E-state index contributed by atoms with van der Waals surface area (Å²) in [5.74, 6) is -0.666. The minimum absolute atomic E-state index is 0.145. The van der Waals surface area contributed by atoms with Gasteiger partial charge in [-0.05, 0) is 31.2 Å². The van der Waals surface area contributed by atoms with Gasteiger partial charge in [-0.2, -0.15) is 5.10 Å². The number of hydrogen-bond acceptors (Lipinski definition) is 4. The van der Waals surface area contributed by atoms with Gasteiger partial charge in [0.2, 0.25) is 5.91 Å². The van der Waals surface area contributed by atoms with E-state index in [4.69, 9.17) is 0 Å². The molecule has 0 aromatic heterocycles. The van der Waals surface area contributed by atoms with Gasteiger partial charge >= 0.3 is 0 Å². The zero-order valence-electron chi connectivity index (χ0n) is 15.6. The molecule has 0 atom stereocenters. The molecule has 3 rings (SSSR count). The fraction of sp³-hybridized carbons (Fsp3) is 0.238. The van der Waals surface area contributed by atoms with Crippen molar-refractivity contribution in [3.63, 3.8) is 0 Å². The summed E-state index contributed by atoms with van der Waals surface area (Å²) >= 11 is 0. The van der Waals surface area contributed by atoms with Crippen molar-refractivity contribution in [2.45, 2.75) is 19.8 Å². The second kappa shape index (κ2) is 8.94. The molecule has 0 saturated heterocycles. The van der Waals surface area contributed by atoms with Crippen LogP contribution in [-0.2, 0) is 9.59 Å². The lowest BCUT2D eigenvalue weighted by atomic mass is 10.1. The Labute approximate surface area is 163 Å². The average Bonchev–Trinajstić information content (AvgIpc) is 2.72. The van der Waals surface area contributed by atoms with Gasteiger partial charge in [0, 0.05) is 31.5 Å². The smallest absolute Gasteiger partial charge is 0.267 e. The van der Waals surface area contributed by atoms with Crippen LogP contribution in [0.15, 0.2) is 59.7 Å². The van der Waals surface area contributed by atoms with E-state index in [1.807, 2.05) is 37.3 Å². The molecule has 2 aromatic rings. The second-order valence-electron chi connectivity index (χ2n) is 6.47. The number of rotatable bonds is 6. The van der Waals surface area contributed by atoms with Crippen LogP contribution in [0.25, 0.3) is 0 Å². The number of hydrogen-bond donors (Lipinski definition) is 2. The highest BCUT2D eigenvalue weighted by Gasteiger charge is 2.25. The second-order valence-corrected chi connectivity index (χ2v) is 6.47. The van der Waals surface area contributed by atoms with Crippen LogP contribution in [0, 0.1) is 6.92 Å². The molecule has 1 aliphatic heterocycles. The lowest BCUT2D eigenvalue weighted by Crippen LogP contribution is -2.41. The molecule has 3 amide bonds.